The molecule has 0 bridgehead atoms. The van der Waals surface area contributed by atoms with Crippen molar-refractivity contribution in [1.82, 2.24) is 39.0 Å². The molecule has 0 saturated carbocycles. The zero-order chi connectivity index (χ0) is 41.7. The lowest BCUT2D eigenvalue weighted by Crippen LogP contribution is -2.03. The maximum Gasteiger partial charge on any atom is 0.181 e. The van der Waals surface area contributed by atoms with Gasteiger partial charge in [-0.2, -0.15) is 15.8 Å². The number of benzene rings is 3. The van der Waals surface area contributed by atoms with Gasteiger partial charge in [0, 0.05) is 28.4 Å². The van der Waals surface area contributed by atoms with Gasteiger partial charge in [-0.25, -0.2) is 29.9 Å². The Bertz CT molecular complexity index is 2550. The van der Waals surface area contributed by atoms with Crippen molar-refractivity contribution in [2.45, 2.75) is 27.7 Å². The van der Waals surface area contributed by atoms with Crippen LogP contribution < -0.4 is 22.1 Å². The van der Waals surface area contributed by atoms with Crippen molar-refractivity contribution in [2.75, 3.05) is 35.2 Å². The first-order chi connectivity index (χ1) is 27.5. The maximum absolute atomic E-state index is 8.46. The monoisotopic (exact) mass is 871 g/mol. The predicted octanol–water partition coefficient (Wildman–Crippen LogP) is 7.93. The number of anilines is 4. The number of imidazole rings is 2. The number of fused-ring (bicyclic) bond motifs is 2. The molecule has 7 rings (SSSR count). The smallest absolute Gasteiger partial charge is 0.181 e. The SMILES string of the molecule is C=C(I)C#N.C=CC.Cc1ccc(-n2cnc3ncncc32)cc1-n1cnc2ncncc21.Cc1ccc(N)cc1N.Cc1ccc(NCC#N)cc1NCC#N. The van der Waals surface area contributed by atoms with E-state index in [1.165, 1.54) is 12.7 Å². The van der Waals surface area contributed by atoms with E-state index in [4.69, 9.17) is 27.3 Å². The molecule has 0 fully saturated rings. The number of aryl methyl sites for hydroxylation is 3. The standard InChI is InChI=1S/C17H12N8.C11H12N4.C7H10N2.C3H2IN.C3H6/c1-11-2-3-12(24-9-22-16-14(24)5-18-7-20-16)4-13(11)25-10-23-17-15(25)6-19-8-21-17;1-9-2-3-10(14-6-4-12)8-11(9)15-7-5-13;1-5-2-3-6(8)4-7(5)9;1-3(4)2-5;1-3-2/h2-10H,1H3;2-3,8,14-15H,6-7H2,1H3;2-4H,8-9H2,1H3;1H2;3H,1H2,2H3. The van der Waals surface area contributed by atoms with E-state index in [1.807, 2.05) is 107 Å². The van der Waals surface area contributed by atoms with Gasteiger partial charge in [0.25, 0.3) is 0 Å². The highest BCUT2D eigenvalue weighted by atomic mass is 127. The van der Waals surface area contributed by atoms with E-state index in [0.29, 0.717) is 14.9 Å². The Kier molecular flexibility index (Phi) is 17.6. The molecule has 4 aromatic heterocycles. The van der Waals surface area contributed by atoms with E-state index in [0.717, 1.165) is 61.8 Å². The lowest BCUT2D eigenvalue weighted by atomic mass is 10.1. The van der Waals surface area contributed by atoms with Gasteiger partial charge in [-0.1, -0.05) is 30.9 Å². The maximum atomic E-state index is 8.46. The highest BCUT2D eigenvalue weighted by molar-refractivity contribution is 14.1. The topological polar surface area (TPSA) is 235 Å². The van der Waals surface area contributed by atoms with Gasteiger partial charge < -0.3 is 22.1 Å². The number of halogens is 1. The fraction of sp³-hybridized carbons (Fsp3) is 0.146. The Morgan fingerprint density at radius 2 is 1.32 bits per heavy atom. The molecule has 15 nitrogen and oxygen atoms in total. The van der Waals surface area contributed by atoms with Crippen LogP contribution in [-0.4, -0.2) is 52.1 Å². The summed E-state index contributed by atoms with van der Waals surface area (Å²) in [6.45, 7) is 15.1. The van der Waals surface area contributed by atoms with E-state index in [2.05, 4.69) is 72.8 Å². The number of aromatic nitrogens is 8. The summed E-state index contributed by atoms with van der Waals surface area (Å²) in [5.41, 5.74) is 22.6. The summed E-state index contributed by atoms with van der Waals surface area (Å²) >= 11 is 1.85. The van der Waals surface area contributed by atoms with Crippen molar-refractivity contribution in [3.63, 3.8) is 0 Å². The van der Waals surface area contributed by atoms with Gasteiger partial charge in [-0.05, 0) is 103 Å². The first kappa shape index (κ1) is 44.0. The molecule has 6 N–H and O–H groups in total. The van der Waals surface area contributed by atoms with Crippen LogP contribution in [0.15, 0.2) is 115 Å². The van der Waals surface area contributed by atoms with Gasteiger partial charge in [0.1, 0.15) is 55.5 Å². The van der Waals surface area contributed by atoms with Gasteiger partial charge in [0.05, 0.1) is 33.8 Å². The molecular formula is C41H42IN15. The van der Waals surface area contributed by atoms with Crippen LogP contribution in [-0.2, 0) is 0 Å². The van der Waals surface area contributed by atoms with Crippen molar-refractivity contribution in [3.05, 3.63) is 132 Å². The highest BCUT2D eigenvalue weighted by Gasteiger charge is 2.11. The summed E-state index contributed by atoms with van der Waals surface area (Å²) in [5, 5.41) is 30.6. The molecular weight excluding hydrogens is 829 g/mol. The number of rotatable bonds is 6. The Balaban J connectivity index is 0.000000231. The number of nitriles is 3. The third kappa shape index (κ3) is 13.2. The third-order valence-corrected chi connectivity index (χ3v) is 7.82. The zero-order valence-corrected chi connectivity index (χ0v) is 34.2. The van der Waals surface area contributed by atoms with Crippen LogP contribution in [0.5, 0.6) is 0 Å². The van der Waals surface area contributed by atoms with Crippen molar-refractivity contribution in [3.8, 4) is 29.6 Å². The fourth-order valence-corrected chi connectivity index (χ4v) is 4.78. The minimum atomic E-state index is 0.279. The Labute approximate surface area is 345 Å². The van der Waals surface area contributed by atoms with Gasteiger partial charge in [0.2, 0.25) is 0 Å². The largest absolute Gasteiger partial charge is 0.399 e. The van der Waals surface area contributed by atoms with E-state index in [9.17, 15) is 0 Å². The Morgan fingerprint density at radius 1 is 0.772 bits per heavy atom. The van der Waals surface area contributed by atoms with E-state index in [-0.39, 0.29) is 13.1 Å². The number of hydrogen-bond donors (Lipinski definition) is 4. The summed E-state index contributed by atoms with van der Waals surface area (Å²) in [7, 11) is 0. The van der Waals surface area contributed by atoms with Crippen LogP contribution in [0.1, 0.15) is 23.6 Å². The summed E-state index contributed by atoms with van der Waals surface area (Å²) in [4.78, 5) is 25.3. The molecule has 57 heavy (non-hydrogen) atoms. The molecule has 0 aliphatic carbocycles. The van der Waals surface area contributed by atoms with Crippen LogP contribution in [0.3, 0.4) is 0 Å². The van der Waals surface area contributed by atoms with Crippen molar-refractivity contribution in [1.29, 1.82) is 15.8 Å². The quantitative estimate of drug-likeness (QED) is 0.0409. The third-order valence-electron chi connectivity index (χ3n) is 7.58. The van der Waals surface area contributed by atoms with E-state index in [1.54, 1.807) is 37.2 Å². The Morgan fingerprint density at radius 3 is 1.88 bits per heavy atom. The number of nitrogens with one attached hydrogen (secondary N) is 2. The first-order valence-corrected chi connectivity index (χ1v) is 18.2. The minimum absolute atomic E-state index is 0.279. The second kappa shape index (κ2) is 22.8. The lowest BCUT2D eigenvalue weighted by Gasteiger charge is -2.11. The molecule has 4 heterocycles. The average molecular weight is 872 g/mol. The minimum Gasteiger partial charge on any atom is -0.399 e. The number of allylic oxidation sites excluding steroid dienone is 2. The van der Waals surface area contributed by atoms with Crippen LogP contribution in [0.25, 0.3) is 33.7 Å². The molecule has 0 amide bonds. The van der Waals surface area contributed by atoms with Crippen LogP contribution in [0.2, 0.25) is 0 Å². The number of nitrogen functional groups attached to an aromatic ring is 2. The van der Waals surface area contributed by atoms with Gasteiger partial charge in [-0.3, -0.25) is 9.13 Å². The molecule has 288 valence electrons. The van der Waals surface area contributed by atoms with Crippen molar-refractivity contribution in [2.24, 2.45) is 0 Å². The average Bonchev–Trinajstić information content (AvgIpc) is 3.85. The number of hydrogen-bond acceptors (Lipinski definition) is 13. The molecule has 7 aromatic rings. The lowest BCUT2D eigenvalue weighted by molar-refractivity contribution is 1.04. The molecule has 0 saturated heterocycles. The van der Waals surface area contributed by atoms with Crippen molar-refractivity contribution < 1.29 is 0 Å². The van der Waals surface area contributed by atoms with E-state index < -0.39 is 0 Å². The predicted molar refractivity (Wildman–Crippen MR) is 236 cm³/mol. The first-order valence-electron chi connectivity index (χ1n) is 17.1. The van der Waals surface area contributed by atoms with Crippen molar-refractivity contribution >= 4 is 67.7 Å². The van der Waals surface area contributed by atoms with Crippen LogP contribution in [0, 0.1) is 54.8 Å². The molecule has 0 aliphatic heterocycles. The second-order valence-corrected chi connectivity index (χ2v) is 13.1. The molecule has 3 aromatic carbocycles. The fourth-order valence-electron chi connectivity index (χ4n) is 4.78. The van der Waals surface area contributed by atoms with Gasteiger partial charge >= 0.3 is 0 Å². The molecule has 0 atom stereocenters. The molecule has 16 heteroatoms. The summed E-state index contributed by atoms with van der Waals surface area (Å²) in [6.07, 6.45) is 11.8. The zero-order valence-electron chi connectivity index (χ0n) is 32.0. The number of nitrogens with two attached hydrogens (primary N) is 2. The second-order valence-electron chi connectivity index (χ2n) is 11.8. The van der Waals surface area contributed by atoms with Gasteiger partial charge in [0.15, 0.2) is 11.3 Å². The highest BCUT2D eigenvalue weighted by Crippen LogP contribution is 2.24. The normalized spacial score (nSPS) is 9.51. The Hall–Kier alpha value is -7.36. The van der Waals surface area contributed by atoms with Crippen LogP contribution in [0.4, 0.5) is 22.7 Å². The van der Waals surface area contributed by atoms with E-state index >= 15 is 0 Å². The summed E-state index contributed by atoms with van der Waals surface area (Å²) in [6, 6.07) is 23.3. The number of nitrogens with zero attached hydrogens (tertiary/aromatic N) is 11. The molecule has 0 aliphatic rings. The molecule has 0 radical (unpaired) electrons. The molecule has 0 unspecified atom stereocenters. The molecule has 0 spiro atoms. The van der Waals surface area contributed by atoms with Gasteiger partial charge in [-0.15, -0.1) is 6.58 Å². The summed E-state index contributed by atoms with van der Waals surface area (Å²) < 4.78 is 4.49. The summed E-state index contributed by atoms with van der Waals surface area (Å²) in [5.74, 6) is 0. The van der Waals surface area contributed by atoms with Crippen LogP contribution >= 0.6 is 22.6 Å².